The second-order valence-corrected chi connectivity index (χ2v) is 9.05. The normalized spacial score (nSPS) is 14.9. The molecule has 9 heteroatoms. The predicted molar refractivity (Wildman–Crippen MR) is 133 cm³/mol. The number of phenolic OH excluding ortho intramolecular Hbond substituents is 1. The molecule has 1 saturated heterocycles. The van der Waals surface area contributed by atoms with Crippen LogP contribution in [-0.2, 0) is 9.59 Å². The number of methoxy groups -OCH3 is 1. The second-order valence-electron chi connectivity index (χ2n) is 6.90. The minimum absolute atomic E-state index is 0.00321. The maximum absolute atomic E-state index is 12.8. The van der Waals surface area contributed by atoms with Crippen LogP contribution in [0.2, 0.25) is 0 Å². The molecule has 0 aliphatic carbocycles. The highest BCUT2D eigenvalue weighted by Gasteiger charge is 2.36. The summed E-state index contributed by atoms with van der Waals surface area (Å²) in [5, 5.41) is 14.1. The number of nitrogens with one attached hydrogen (secondary N) is 1. The fourth-order valence-electron chi connectivity index (χ4n) is 3.29. The average molecular weight is 560 g/mol. The number of thioether (sulfide) groups is 1. The van der Waals surface area contributed by atoms with Crippen molar-refractivity contribution in [1.29, 1.82) is 0 Å². The van der Waals surface area contributed by atoms with Crippen molar-refractivity contribution in [2.24, 2.45) is 0 Å². The van der Waals surface area contributed by atoms with Gasteiger partial charge in [0.05, 0.1) is 15.6 Å². The van der Waals surface area contributed by atoms with Crippen molar-refractivity contribution >= 4 is 73.9 Å². The molecule has 0 aromatic heterocycles. The molecule has 1 aliphatic heterocycles. The van der Waals surface area contributed by atoms with E-state index in [9.17, 15) is 19.5 Å². The van der Waals surface area contributed by atoms with Crippen molar-refractivity contribution in [3.8, 4) is 11.5 Å². The van der Waals surface area contributed by atoms with E-state index in [0.29, 0.717) is 14.8 Å². The SMILES string of the molecule is COc1cc(/C=C2/SC(=O)N(CC(=O)Nc3cccc4ccccc34)C2=O)cc(I)c1O. The summed E-state index contributed by atoms with van der Waals surface area (Å²) in [4.78, 5) is 38.9. The standard InChI is InChI=1S/C23H17IN2O5S/c1-31-18-10-13(9-16(24)21(18)28)11-19-22(29)26(23(30)32-19)12-20(27)25-17-8-4-6-14-5-2-3-7-15(14)17/h2-11,28H,12H2,1H3,(H,25,27)/b19-11+. The highest BCUT2D eigenvalue weighted by Crippen LogP contribution is 2.36. The molecule has 0 atom stereocenters. The summed E-state index contributed by atoms with van der Waals surface area (Å²) in [6, 6.07) is 16.4. The third kappa shape index (κ3) is 4.44. The molecule has 0 bridgehead atoms. The first-order chi connectivity index (χ1) is 15.4. The van der Waals surface area contributed by atoms with Gasteiger partial charge in [-0.1, -0.05) is 36.4 Å². The lowest BCUT2D eigenvalue weighted by atomic mass is 10.1. The number of aromatic hydroxyl groups is 1. The first kappa shape index (κ1) is 22.2. The molecule has 7 nitrogen and oxygen atoms in total. The lowest BCUT2D eigenvalue weighted by Gasteiger charge is -2.13. The predicted octanol–water partition coefficient (Wildman–Crippen LogP) is 4.83. The Labute approximate surface area is 201 Å². The summed E-state index contributed by atoms with van der Waals surface area (Å²) in [6.07, 6.45) is 1.54. The van der Waals surface area contributed by atoms with Crippen LogP contribution in [0.1, 0.15) is 5.56 Å². The van der Waals surface area contributed by atoms with E-state index in [0.717, 1.165) is 27.4 Å². The van der Waals surface area contributed by atoms with Crippen molar-refractivity contribution in [3.05, 3.63) is 68.6 Å². The molecule has 2 N–H and O–H groups in total. The zero-order chi connectivity index (χ0) is 22.8. The molecule has 4 rings (SSSR count). The topological polar surface area (TPSA) is 95.9 Å². The van der Waals surface area contributed by atoms with Gasteiger partial charge in [0.2, 0.25) is 5.91 Å². The number of halogens is 1. The Morgan fingerprint density at radius 3 is 2.72 bits per heavy atom. The number of rotatable bonds is 5. The van der Waals surface area contributed by atoms with Crippen molar-refractivity contribution in [1.82, 2.24) is 4.90 Å². The molecule has 3 amide bonds. The van der Waals surface area contributed by atoms with Crippen LogP contribution in [-0.4, -0.2) is 40.7 Å². The summed E-state index contributed by atoms with van der Waals surface area (Å²) in [5.74, 6) is -0.749. The van der Waals surface area contributed by atoms with Gasteiger partial charge in [-0.05, 0) is 69.6 Å². The summed E-state index contributed by atoms with van der Waals surface area (Å²) in [7, 11) is 1.43. The van der Waals surface area contributed by atoms with Crippen molar-refractivity contribution in [2.45, 2.75) is 0 Å². The lowest BCUT2D eigenvalue weighted by molar-refractivity contribution is -0.127. The second kappa shape index (κ2) is 9.21. The summed E-state index contributed by atoms with van der Waals surface area (Å²) >= 11 is 2.71. The maximum atomic E-state index is 12.8. The number of fused-ring (bicyclic) bond motifs is 1. The monoisotopic (exact) mass is 560 g/mol. The number of carbonyl (C=O) groups is 3. The Balaban J connectivity index is 1.51. The molecule has 0 spiro atoms. The third-order valence-electron chi connectivity index (χ3n) is 4.81. The number of nitrogens with zero attached hydrogens (tertiary/aromatic N) is 1. The number of hydrogen-bond donors (Lipinski definition) is 2. The van der Waals surface area contributed by atoms with Gasteiger partial charge in [-0.3, -0.25) is 19.3 Å². The Morgan fingerprint density at radius 2 is 1.94 bits per heavy atom. The Bertz CT molecular complexity index is 1290. The van der Waals surface area contributed by atoms with Crippen molar-refractivity contribution < 1.29 is 24.2 Å². The van der Waals surface area contributed by atoms with Gasteiger partial charge in [-0.2, -0.15) is 0 Å². The Hall–Kier alpha value is -3.05. The number of benzene rings is 3. The van der Waals surface area contributed by atoms with Gasteiger partial charge in [0.15, 0.2) is 11.5 Å². The van der Waals surface area contributed by atoms with Crippen LogP contribution in [0.25, 0.3) is 16.8 Å². The average Bonchev–Trinajstić information content (AvgIpc) is 3.03. The molecular weight excluding hydrogens is 543 g/mol. The van der Waals surface area contributed by atoms with E-state index in [1.54, 1.807) is 18.2 Å². The fraction of sp³-hybridized carbons (Fsp3) is 0.0870. The van der Waals surface area contributed by atoms with Gasteiger partial charge < -0.3 is 15.2 Å². The van der Waals surface area contributed by atoms with E-state index < -0.39 is 17.1 Å². The van der Waals surface area contributed by atoms with Gasteiger partial charge >= 0.3 is 0 Å². The molecule has 32 heavy (non-hydrogen) atoms. The number of phenols is 1. The molecule has 0 radical (unpaired) electrons. The zero-order valence-electron chi connectivity index (χ0n) is 16.8. The smallest absolute Gasteiger partial charge is 0.294 e. The Morgan fingerprint density at radius 1 is 1.19 bits per heavy atom. The van der Waals surface area contributed by atoms with Crippen LogP contribution in [0.15, 0.2) is 59.5 Å². The van der Waals surface area contributed by atoms with Gasteiger partial charge in [-0.25, -0.2) is 0 Å². The minimum atomic E-state index is -0.546. The maximum Gasteiger partial charge on any atom is 0.294 e. The number of carbonyl (C=O) groups excluding carboxylic acids is 3. The van der Waals surface area contributed by atoms with Crippen LogP contribution in [0.4, 0.5) is 10.5 Å². The van der Waals surface area contributed by atoms with Crippen LogP contribution in [0.3, 0.4) is 0 Å². The molecule has 3 aromatic rings. The van der Waals surface area contributed by atoms with E-state index in [1.807, 2.05) is 59.0 Å². The highest BCUT2D eigenvalue weighted by atomic mass is 127. The molecule has 1 heterocycles. The van der Waals surface area contributed by atoms with Crippen LogP contribution >= 0.6 is 34.4 Å². The molecule has 1 aliphatic rings. The first-order valence-electron chi connectivity index (χ1n) is 9.47. The fourth-order valence-corrected chi connectivity index (χ4v) is 4.75. The molecule has 162 valence electrons. The van der Waals surface area contributed by atoms with E-state index >= 15 is 0 Å². The first-order valence-corrected chi connectivity index (χ1v) is 11.4. The largest absolute Gasteiger partial charge is 0.504 e. The number of ether oxygens (including phenoxy) is 1. The van der Waals surface area contributed by atoms with E-state index in [-0.39, 0.29) is 22.9 Å². The quantitative estimate of drug-likeness (QED) is 0.343. The lowest BCUT2D eigenvalue weighted by Crippen LogP contribution is -2.36. The minimum Gasteiger partial charge on any atom is -0.504 e. The van der Waals surface area contributed by atoms with Gasteiger partial charge in [-0.15, -0.1) is 0 Å². The van der Waals surface area contributed by atoms with Crippen LogP contribution in [0.5, 0.6) is 11.5 Å². The van der Waals surface area contributed by atoms with Crippen molar-refractivity contribution in [2.75, 3.05) is 19.0 Å². The number of imide groups is 1. The summed E-state index contributed by atoms with van der Waals surface area (Å²) in [6.45, 7) is -0.387. The highest BCUT2D eigenvalue weighted by molar-refractivity contribution is 14.1. The zero-order valence-corrected chi connectivity index (χ0v) is 19.8. The van der Waals surface area contributed by atoms with E-state index in [1.165, 1.54) is 13.2 Å². The van der Waals surface area contributed by atoms with Gasteiger partial charge in [0.25, 0.3) is 11.1 Å². The summed E-state index contributed by atoms with van der Waals surface area (Å²) < 4.78 is 5.68. The van der Waals surface area contributed by atoms with Gasteiger partial charge in [0.1, 0.15) is 6.54 Å². The van der Waals surface area contributed by atoms with E-state index in [4.69, 9.17) is 4.74 Å². The van der Waals surface area contributed by atoms with E-state index in [2.05, 4.69) is 5.32 Å². The molecule has 0 saturated carbocycles. The molecule has 3 aromatic carbocycles. The molecule has 1 fully saturated rings. The van der Waals surface area contributed by atoms with Crippen LogP contribution in [0, 0.1) is 3.57 Å². The number of hydrogen-bond acceptors (Lipinski definition) is 6. The van der Waals surface area contributed by atoms with Gasteiger partial charge in [0, 0.05) is 11.1 Å². The van der Waals surface area contributed by atoms with Crippen LogP contribution < -0.4 is 10.1 Å². The molecular formula is C23H17IN2O5S. The number of amides is 3. The number of anilines is 1. The van der Waals surface area contributed by atoms with Crippen molar-refractivity contribution in [3.63, 3.8) is 0 Å². The molecule has 0 unspecified atom stereocenters. The Kier molecular flexibility index (Phi) is 6.38. The summed E-state index contributed by atoms with van der Waals surface area (Å²) in [5.41, 5.74) is 1.20. The third-order valence-corrected chi connectivity index (χ3v) is 6.54.